The maximum Gasteiger partial charge on any atom is 0.253 e. The molecule has 0 aliphatic carbocycles. The normalized spacial score (nSPS) is 8.89. The molecule has 0 aromatic carbocycles. The minimum absolute atomic E-state index is 0.255. The lowest BCUT2D eigenvalue weighted by molar-refractivity contribution is -0.104. The SMILES string of the molecule is O=CC(=O)c1nccs1. The van der Waals surface area contributed by atoms with Crippen molar-refractivity contribution in [2.75, 3.05) is 0 Å². The van der Waals surface area contributed by atoms with Crippen LogP contribution in [0, 0.1) is 0 Å². The molecule has 0 unspecified atom stereocenters. The first-order valence-electron chi connectivity index (χ1n) is 2.23. The molecule has 9 heavy (non-hydrogen) atoms. The molecule has 0 aliphatic rings. The third-order valence-electron chi connectivity index (χ3n) is 0.750. The maximum absolute atomic E-state index is 10.5. The van der Waals surface area contributed by atoms with E-state index in [1.54, 1.807) is 5.38 Å². The topological polar surface area (TPSA) is 47.0 Å². The Labute approximate surface area is 55.3 Å². The van der Waals surface area contributed by atoms with Crippen molar-refractivity contribution < 1.29 is 9.59 Å². The Morgan fingerprint density at radius 2 is 2.56 bits per heavy atom. The Kier molecular flexibility index (Phi) is 1.69. The summed E-state index contributed by atoms with van der Waals surface area (Å²) >= 11 is 1.16. The van der Waals surface area contributed by atoms with Crippen LogP contribution in [-0.4, -0.2) is 17.1 Å². The monoisotopic (exact) mass is 141 g/mol. The predicted octanol–water partition coefficient (Wildman–Crippen LogP) is 0.525. The minimum Gasteiger partial charge on any atom is -0.294 e. The van der Waals surface area contributed by atoms with E-state index in [1.807, 2.05) is 0 Å². The van der Waals surface area contributed by atoms with E-state index in [-0.39, 0.29) is 11.3 Å². The van der Waals surface area contributed by atoms with Crippen LogP contribution >= 0.6 is 11.3 Å². The number of ketones is 1. The van der Waals surface area contributed by atoms with Gasteiger partial charge in [-0.3, -0.25) is 9.59 Å². The van der Waals surface area contributed by atoms with Crippen LogP contribution in [0.2, 0.25) is 0 Å². The van der Waals surface area contributed by atoms with E-state index in [1.165, 1.54) is 6.20 Å². The molecule has 0 bridgehead atoms. The van der Waals surface area contributed by atoms with Crippen molar-refractivity contribution in [3.05, 3.63) is 16.6 Å². The van der Waals surface area contributed by atoms with E-state index in [0.717, 1.165) is 11.3 Å². The fourth-order valence-electron chi connectivity index (χ4n) is 0.396. The summed E-state index contributed by atoms with van der Waals surface area (Å²) < 4.78 is 0. The third-order valence-corrected chi connectivity index (χ3v) is 1.54. The summed E-state index contributed by atoms with van der Waals surface area (Å²) in [7, 11) is 0. The van der Waals surface area contributed by atoms with E-state index < -0.39 is 5.78 Å². The van der Waals surface area contributed by atoms with Crippen molar-refractivity contribution >= 4 is 23.4 Å². The Bertz CT molecular complexity index is 217. The molecule has 0 aliphatic heterocycles. The van der Waals surface area contributed by atoms with Crippen molar-refractivity contribution in [1.29, 1.82) is 0 Å². The van der Waals surface area contributed by atoms with Gasteiger partial charge in [-0.15, -0.1) is 11.3 Å². The largest absolute Gasteiger partial charge is 0.294 e. The van der Waals surface area contributed by atoms with E-state index >= 15 is 0 Å². The van der Waals surface area contributed by atoms with Crippen LogP contribution in [0.15, 0.2) is 11.6 Å². The number of hydrogen-bond acceptors (Lipinski definition) is 4. The molecule has 46 valence electrons. The number of thiazole rings is 1. The molecule has 1 rings (SSSR count). The first kappa shape index (κ1) is 6.10. The molecule has 0 radical (unpaired) electrons. The number of rotatable bonds is 2. The van der Waals surface area contributed by atoms with E-state index in [2.05, 4.69) is 4.98 Å². The van der Waals surface area contributed by atoms with Gasteiger partial charge >= 0.3 is 0 Å². The Balaban J connectivity index is 2.89. The number of aromatic nitrogens is 1. The van der Waals surface area contributed by atoms with Crippen LogP contribution < -0.4 is 0 Å². The zero-order valence-electron chi connectivity index (χ0n) is 4.40. The number of carbonyl (C=O) groups excluding carboxylic acids is 2. The number of nitrogens with zero attached hydrogens (tertiary/aromatic N) is 1. The lowest BCUT2D eigenvalue weighted by Crippen LogP contribution is -1.97. The summed E-state index contributed by atoms with van der Waals surface area (Å²) in [6.07, 6.45) is 1.75. The van der Waals surface area contributed by atoms with E-state index in [4.69, 9.17) is 0 Å². The van der Waals surface area contributed by atoms with Gasteiger partial charge in [-0.2, -0.15) is 0 Å². The van der Waals surface area contributed by atoms with Crippen LogP contribution in [0.4, 0.5) is 0 Å². The molecule has 0 fully saturated rings. The molecule has 0 saturated carbocycles. The highest BCUT2D eigenvalue weighted by Crippen LogP contribution is 2.02. The number of Topliss-reactive ketones (excluding diaryl/α,β-unsaturated/α-hetero) is 1. The molecule has 0 N–H and O–H groups in total. The predicted molar refractivity (Wildman–Crippen MR) is 32.5 cm³/mol. The average Bonchev–Trinajstić information content (AvgIpc) is 2.37. The first-order valence-corrected chi connectivity index (χ1v) is 3.11. The molecular formula is C5H3NO2S. The van der Waals surface area contributed by atoms with Gasteiger partial charge in [0.05, 0.1) is 0 Å². The smallest absolute Gasteiger partial charge is 0.253 e. The van der Waals surface area contributed by atoms with Crippen LogP contribution in [-0.2, 0) is 4.79 Å². The highest BCUT2D eigenvalue weighted by Gasteiger charge is 2.04. The maximum atomic E-state index is 10.5. The van der Waals surface area contributed by atoms with Crippen LogP contribution in [0.3, 0.4) is 0 Å². The summed E-state index contributed by atoms with van der Waals surface area (Å²) in [5.41, 5.74) is 0. The van der Waals surface area contributed by atoms with Gasteiger partial charge in [-0.05, 0) is 0 Å². The van der Waals surface area contributed by atoms with Gasteiger partial charge in [0.15, 0.2) is 11.3 Å². The van der Waals surface area contributed by atoms with Crippen molar-refractivity contribution in [2.24, 2.45) is 0 Å². The molecule has 0 saturated heterocycles. The summed E-state index contributed by atoms with van der Waals surface area (Å²) in [5, 5.41) is 1.90. The zero-order chi connectivity index (χ0) is 6.69. The Morgan fingerprint density at radius 1 is 1.78 bits per heavy atom. The first-order chi connectivity index (χ1) is 4.34. The molecule has 0 spiro atoms. The minimum atomic E-state index is -0.551. The van der Waals surface area contributed by atoms with Gasteiger partial charge < -0.3 is 0 Å². The number of hydrogen-bond donors (Lipinski definition) is 0. The van der Waals surface area contributed by atoms with Crippen LogP contribution in [0.5, 0.6) is 0 Å². The van der Waals surface area contributed by atoms with Gasteiger partial charge in [-0.25, -0.2) is 4.98 Å². The number of aldehydes is 1. The number of carbonyl (C=O) groups is 2. The molecule has 0 amide bonds. The Morgan fingerprint density at radius 3 is 3.00 bits per heavy atom. The quantitative estimate of drug-likeness (QED) is 0.343. The van der Waals surface area contributed by atoms with Gasteiger partial charge in [0, 0.05) is 11.6 Å². The van der Waals surface area contributed by atoms with E-state index in [9.17, 15) is 9.59 Å². The van der Waals surface area contributed by atoms with Crippen molar-refractivity contribution in [2.45, 2.75) is 0 Å². The van der Waals surface area contributed by atoms with Crippen LogP contribution in [0.25, 0.3) is 0 Å². The molecule has 0 atom stereocenters. The molecule has 1 aromatic heterocycles. The second-order valence-corrected chi connectivity index (χ2v) is 2.21. The molecule has 4 heteroatoms. The molecule has 1 aromatic rings. The lowest BCUT2D eigenvalue weighted by Gasteiger charge is -1.77. The van der Waals surface area contributed by atoms with E-state index in [0.29, 0.717) is 0 Å². The fourth-order valence-corrected chi connectivity index (χ4v) is 0.932. The third kappa shape index (κ3) is 1.20. The van der Waals surface area contributed by atoms with Crippen molar-refractivity contribution in [1.82, 2.24) is 4.98 Å². The van der Waals surface area contributed by atoms with Crippen molar-refractivity contribution in [3.8, 4) is 0 Å². The average molecular weight is 141 g/mol. The second kappa shape index (κ2) is 2.50. The zero-order valence-corrected chi connectivity index (χ0v) is 5.22. The summed E-state index contributed by atoms with van der Waals surface area (Å²) in [4.78, 5) is 23.9. The van der Waals surface area contributed by atoms with Gasteiger partial charge in [0.2, 0.25) is 0 Å². The van der Waals surface area contributed by atoms with Gasteiger partial charge in [-0.1, -0.05) is 0 Å². The van der Waals surface area contributed by atoms with Crippen molar-refractivity contribution in [3.63, 3.8) is 0 Å². The fraction of sp³-hybridized carbons (Fsp3) is 0. The summed E-state index contributed by atoms with van der Waals surface area (Å²) in [6.45, 7) is 0. The second-order valence-electron chi connectivity index (χ2n) is 1.32. The molecule has 3 nitrogen and oxygen atoms in total. The van der Waals surface area contributed by atoms with Crippen LogP contribution in [0.1, 0.15) is 9.80 Å². The highest BCUT2D eigenvalue weighted by molar-refractivity contribution is 7.12. The Hall–Kier alpha value is -1.03. The summed E-state index contributed by atoms with van der Waals surface area (Å²) in [5.74, 6) is -0.551. The lowest BCUT2D eigenvalue weighted by atomic mass is 10.5. The summed E-state index contributed by atoms with van der Waals surface area (Å²) in [6, 6.07) is 0. The standard InChI is InChI=1S/C5H3NO2S/c7-3-4(8)5-6-1-2-9-5/h1-3H. The highest BCUT2D eigenvalue weighted by atomic mass is 32.1. The molecular weight excluding hydrogens is 138 g/mol. The van der Waals surface area contributed by atoms with Gasteiger partial charge in [0.25, 0.3) is 5.78 Å². The molecule has 1 heterocycles. The van der Waals surface area contributed by atoms with Gasteiger partial charge in [0.1, 0.15) is 0 Å².